The number of hydrogen-bond acceptors (Lipinski definition) is 26. The summed E-state index contributed by atoms with van der Waals surface area (Å²) in [7, 11) is 14.6. The number of nitrogens with zero attached hydrogens (tertiary/aromatic N) is 5. The lowest BCUT2D eigenvalue weighted by molar-refractivity contribution is -0.801. The van der Waals surface area contributed by atoms with Gasteiger partial charge in [-0.2, -0.15) is 12.6 Å². The molecule has 7 rings (SSSR count). The first-order chi connectivity index (χ1) is 37.6. The molecule has 4 saturated heterocycles. The first-order valence-electron chi connectivity index (χ1n) is 26.6. The second-order valence-electron chi connectivity index (χ2n) is 20.9. The van der Waals surface area contributed by atoms with Crippen LogP contribution >= 0.6 is 99.0 Å². The first-order valence-corrected chi connectivity index (χ1v) is 36.8. The summed E-state index contributed by atoms with van der Waals surface area (Å²) in [4.78, 5) is 97.9. The van der Waals surface area contributed by atoms with Crippen molar-refractivity contribution < 1.29 is 59.2 Å². The number of nitrogens with one attached hydrogen (secondary N) is 2. The zero-order valence-electron chi connectivity index (χ0n) is 45.0. The molecule has 0 bridgehead atoms. The van der Waals surface area contributed by atoms with Gasteiger partial charge in [0.1, 0.15) is 32.0 Å². The predicted molar refractivity (Wildman–Crippen MR) is 320 cm³/mol. The maximum atomic E-state index is 12.3. The van der Waals surface area contributed by atoms with Gasteiger partial charge in [0.2, 0.25) is 11.8 Å². The molecule has 7 aliphatic rings. The second-order valence-corrected chi connectivity index (χ2v) is 32.1. The second kappa shape index (κ2) is 36.5. The molecule has 11 unspecified atom stereocenters. The third-order valence-corrected chi connectivity index (χ3v) is 28.1. The summed E-state index contributed by atoms with van der Waals surface area (Å²) in [6.07, 6.45) is 15.8. The smallest absolute Gasteiger partial charge is 0.294 e. The van der Waals surface area contributed by atoms with Crippen molar-refractivity contribution >= 4 is 111 Å². The molecule has 6 fully saturated rings. The van der Waals surface area contributed by atoms with Crippen LogP contribution in [-0.4, -0.2) is 132 Å². The lowest BCUT2D eigenvalue weighted by Gasteiger charge is -2.50. The van der Waals surface area contributed by atoms with E-state index in [1.165, 1.54) is 60.8 Å². The Balaban J connectivity index is 0.000000228. The van der Waals surface area contributed by atoms with Crippen LogP contribution in [0.4, 0.5) is 0 Å². The number of amides is 2. The van der Waals surface area contributed by atoms with Gasteiger partial charge in [0, 0.05) is 85.7 Å². The average molecular weight is 1290 g/mol. The molecule has 1 spiro atoms. The van der Waals surface area contributed by atoms with Crippen molar-refractivity contribution in [2.45, 2.75) is 157 Å². The van der Waals surface area contributed by atoms with E-state index >= 15 is 0 Å². The highest BCUT2D eigenvalue weighted by atomic mass is 33.1. The summed E-state index contributed by atoms with van der Waals surface area (Å²) in [6, 6.07) is 0. The Kier molecular flexibility index (Phi) is 32.0. The van der Waals surface area contributed by atoms with Crippen molar-refractivity contribution in [3.63, 3.8) is 0 Å². The van der Waals surface area contributed by atoms with E-state index in [0.29, 0.717) is 30.6 Å². The van der Waals surface area contributed by atoms with Crippen LogP contribution in [0.25, 0.3) is 0 Å². The van der Waals surface area contributed by atoms with E-state index in [1.54, 1.807) is 39.3 Å². The Bertz CT molecular complexity index is 1960. The Morgan fingerprint density at radius 1 is 0.684 bits per heavy atom. The molecule has 2 amide bonds. The van der Waals surface area contributed by atoms with E-state index in [4.69, 9.17) is 12.6 Å². The van der Waals surface area contributed by atoms with Crippen molar-refractivity contribution in [2.75, 3.05) is 61.7 Å². The van der Waals surface area contributed by atoms with Crippen LogP contribution in [0.5, 0.6) is 0 Å². The minimum absolute atomic E-state index is 0.0598. The summed E-state index contributed by atoms with van der Waals surface area (Å²) in [6.45, 7) is 9.08. The van der Waals surface area contributed by atoms with Gasteiger partial charge in [-0.15, -0.1) is 50.6 Å². The van der Waals surface area contributed by atoms with Crippen molar-refractivity contribution in [1.82, 2.24) is 10.6 Å². The summed E-state index contributed by atoms with van der Waals surface area (Å²) in [5, 5.41) is 54.5. The molecule has 2 N–H and O–H groups in total. The van der Waals surface area contributed by atoms with E-state index in [-0.39, 0.29) is 65.9 Å². The van der Waals surface area contributed by atoms with E-state index in [1.807, 2.05) is 32.4 Å². The van der Waals surface area contributed by atoms with Gasteiger partial charge < -0.3 is 34.8 Å². The van der Waals surface area contributed by atoms with Gasteiger partial charge in [0.15, 0.2) is 0 Å². The Labute approximate surface area is 498 Å². The standard InChI is InChI=1S/C18H31NOS2.C10H16N2O6S3.C10H18N2O4S2.C8H12N2O6S2/c1-13-11-16(12-14(2)15(13)3)18(20)19-9-6-4-5-7-17-8-10-21-22-17;13-11(14)17-4-9(5-18-12(15)16)2-1-3-10(8(9)19)6-20-21-7-10;13-10(11-6-7-16-12(14)15)4-2-1-3-9-5-8-17-18-9;1-4-2-5-3-17-18-8(5)7(16-10(13)14)6(4)15-9(11)12/h11,13-15,17H,4-10,12H2,1-3H3,(H,19,20);8,19H,1-7H2;9H,1-8H2,(H,11,13);4-8H,2-3H2,1H3. The van der Waals surface area contributed by atoms with Crippen molar-refractivity contribution in [3.05, 3.63) is 62.2 Å². The molecule has 4 aliphatic heterocycles. The Hall–Kier alpha value is -2.17. The number of thiol groups is 1. The van der Waals surface area contributed by atoms with Crippen LogP contribution in [0.2, 0.25) is 0 Å². The van der Waals surface area contributed by atoms with Gasteiger partial charge >= 0.3 is 0 Å². The number of allylic oxidation sites excluding steroid dienone is 1. The van der Waals surface area contributed by atoms with E-state index in [2.05, 4.69) is 72.5 Å². The highest BCUT2D eigenvalue weighted by molar-refractivity contribution is 8.78. The largest absolute Gasteiger partial charge is 0.354 e. The quantitative estimate of drug-likeness (QED) is 0.0238. The Morgan fingerprint density at radius 2 is 1.28 bits per heavy atom. The number of carbonyl (C=O) groups is 2. The molecule has 11 atom stereocenters. The normalized spacial score (nSPS) is 29.0. The predicted octanol–water partition coefficient (Wildman–Crippen LogP) is 10.9. The monoisotopic (exact) mass is 1290 g/mol. The number of rotatable bonds is 26. The van der Waals surface area contributed by atoms with E-state index in [0.717, 1.165) is 84.8 Å². The van der Waals surface area contributed by atoms with Gasteiger partial charge in [-0.05, 0) is 93.8 Å². The lowest BCUT2D eigenvalue weighted by Crippen LogP contribution is -2.54. The zero-order valence-corrected chi connectivity index (χ0v) is 52.4. The van der Waals surface area contributed by atoms with Crippen molar-refractivity contribution in [3.8, 4) is 0 Å². The summed E-state index contributed by atoms with van der Waals surface area (Å²) < 4.78 is 0. The summed E-state index contributed by atoms with van der Waals surface area (Å²) in [5.74, 6) is 7.33. The third kappa shape index (κ3) is 24.5. The molecule has 0 aromatic rings. The topological polar surface area (TPSA) is 320 Å². The maximum absolute atomic E-state index is 12.3. The molecule has 3 aliphatic carbocycles. The number of carbonyl (C=O) groups excluding carboxylic acids is 2. The summed E-state index contributed by atoms with van der Waals surface area (Å²) >= 11 is 4.70. The minimum atomic E-state index is -0.898. The first kappa shape index (κ1) is 69.3. The average Bonchev–Trinajstić information content (AvgIpc) is 4.32. The van der Waals surface area contributed by atoms with Crippen LogP contribution in [-0.2, 0) is 33.8 Å². The highest BCUT2D eigenvalue weighted by Gasteiger charge is 2.55. The fourth-order valence-electron chi connectivity index (χ4n) is 10.5. The molecule has 24 nitrogen and oxygen atoms in total. The van der Waals surface area contributed by atoms with E-state index in [9.17, 15) is 60.2 Å². The van der Waals surface area contributed by atoms with Crippen molar-refractivity contribution in [2.24, 2.45) is 40.4 Å². The number of unbranched alkanes of at least 4 members (excludes halogenated alkanes) is 3. The molecule has 0 aromatic heterocycles. The van der Waals surface area contributed by atoms with Gasteiger partial charge in [-0.1, -0.05) is 146 Å². The maximum Gasteiger partial charge on any atom is 0.294 e. The fraction of sp³-hybridized carbons (Fsp3) is 0.913. The molecule has 0 aromatic carbocycles. The SMILES string of the molecule is CC1C=C(C(=O)NCCCCCC2CCSS2)CC(C)C1C.CC1CC2CSSC2C(O[N+](=O)[O-])C1O[N+](=O)[O-].O=C(CCCCC1CCSS1)NCCO[N+](=O)[O-].O=[N+]([O-])OCC1(CO[N+](=O)[O-])CCCC2(CSSC2)C1S. The van der Waals surface area contributed by atoms with Gasteiger partial charge in [-0.25, -0.2) is 0 Å². The van der Waals surface area contributed by atoms with Gasteiger partial charge in [0.05, 0.1) is 0 Å². The van der Waals surface area contributed by atoms with Crippen LogP contribution in [0.1, 0.15) is 124 Å². The molecular weight excluding hydrogens is 1210 g/mol. The highest BCUT2D eigenvalue weighted by Crippen LogP contribution is 2.58. The molecule has 2 saturated carbocycles. The number of fused-ring (bicyclic) bond motifs is 1. The minimum Gasteiger partial charge on any atom is -0.354 e. The number of hydrogen-bond donors (Lipinski definition) is 3. The fourth-order valence-corrected chi connectivity index (χ4v) is 24.5. The molecule has 79 heavy (non-hydrogen) atoms. The van der Waals surface area contributed by atoms with Crippen LogP contribution in [0, 0.1) is 91.0 Å². The van der Waals surface area contributed by atoms with Gasteiger partial charge in [-0.3, -0.25) is 9.59 Å². The summed E-state index contributed by atoms with van der Waals surface area (Å²) in [5.41, 5.74) is 0.126. The molecule has 452 valence electrons. The van der Waals surface area contributed by atoms with Crippen LogP contribution < -0.4 is 10.6 Å². The van der Waals surface area contributed by atoms with Crippen molar-refractivity contribution in [1.29, 1.82) is 0 Å². The third-order valence-electron chi connectivity index (χ3n) is 15.2. The molecular formula is C46H77N7O17S9. The molecule has 33 heteroatoms. The Morgan fingerprint density at radius 3 is 1.84 bits per heavy atom. The molecule has 0 radical (unpaired) electrons. The van der Waals surface area contributed by atoms with E-state index < -0.39 is 43.1 Å². The zero-order chi connectivity index (χ0) is 58.0. The van der Waals surface area contributed by atoms with Gasteiger partial charge in [0.25, 0.3) is 25.4 Å². The van der Waals surface area contributed by atoms with Crippen LogP contribution in [0.15, 0.2) is 11.6 Å². The lowest BCUT2D eigenvalue weighted by atomic mass is 9.63. The molecule has 4 heterocycles. The van der Waals surface area contributed by atoms with Crippen LogP contribution in [0.3, 0.4) is 0 Å².